The summed E-state index contributed by atoms with van der Waals surface area (Å²) in [4.78, 5) is 0. The molecule has 2 nitrogen and oxygen atoms in total. The average molecular weight is 218 g/mol. The van der Waals surface area contributed by atoms with Crippen molar-refractivity contribution >= 4 is 0 Å². The van der Waals surface area contributed by atoms with Crippen LogP contribution in [0.2, 0.25) is 0 Å². The second-order valence-electron chi connectivity index (χ2n) is 3.01. The van der Waals surface area contributed by atoms with E-state index in [2.05, 4.69) is 10.1 Å². The van der Waals surface area contributed by atoms with E-state index in [4.69, 9.17) is 0 Å². The van der Waals surface area contributed by atoms with Crippen molar-refractivity contribution in [1.29, 1.82) is 0 Å². The Bertz CT molecular complexity index is 336. The molecule has 1 aromatic carbocycles. The smallest absolute Gasteiger partial charge is 0.419 e. The Morgan fingerprint density at radius 1 is 1.33 bits per heavy atom. The maximum absolute atomic E-state index is 12.5. The van der Waals surface area contributed by atoms with Crippen LogP contribution in [-0.2, 0) is 12.7 Å². The zero-order chi connectivity index (χ0) is 11.5. The van der Waals surface area contributed by atoms with Gasteiger partial charge in [-0.1, -0.05) is 11.6 Å². The summed E-state index contributed by atoms with van der Waals surface area (Å²) in [7, 11) is 2.77. The van der Waals surface area contributed by atoms with E-state index in [0.29, 0.717) is 5.56 Å². The molecule has 0 spiro atoms. The van der Waals surface area contributed by atoms with Crippen LogP contribution < -0.4 is 4.74 Å². The van der Waals surface area contributed by atoms with Crippen molar-refractivity contribution < 1.29 is 17.9 Å². The largest absolute Gasteiger partial charge is 0.661 e. The molecule has 0 aliphatic heterocycles. The van der Waals surface area contributed by atoms with E-state index in [1.54, 1.807) is 13.1 Å². The van der Waals surface area contributed by atoms with Crippen LogP contribution in [0, 0.1) is 0 Å². The van der Waals surface area contributed by atoms with E-state index in [0.717, 1.165) is 6.07 Å². The van der Waals surface area contributed by atoms with Gasteiger partial charge >= 0.3 is 6.18 Å². The normalized spacial score (nSPS) is 11.5. The number of alkyl halides is 3. The summed E-state index contributed by atoms with van der Waals surface area (Å²) in [5, 5.41) is 3.78. The van der Waals surface area contributed by atoms with Gasteiger partial charge in [0.1, 0.15) is 5.75 Å². The van der Waals surface area contributed by atoms with Crippen LogP contribution in [0.5, 0.6) is 5.75 Å². The summed E-state index contributed by atoms with van der Waals surface area (Å²) >= 11 is 0. The van der Waals surface area contributed by atoms with Gasteiger partial charge in [-0.15, -0.1) is 6.54 Å². The van der Waals surface area contributed by atoms with Crippen molar-refractivity contribution in [1.82, 2.24) is 0 Å². The third-order valence-electron chi connectivity index (χ3n) is 1.91. The Balaban J connectivity index is 3.13. The molecule has 0 amide bonds. The second kappa shape index (κ2) is 4.53. The summed E-state index contributed by atoms with van der Waals surface area (Å²) in [6, 6.07) is 3.94. The van der Waals surface area contributed by atoms with Gasteiger partial charge in [-0.3, -0.25) is 0 Å². The van der Waals surface area contributed by atoms with Gasteiger partial charge in [-0.2, -0.15) is 20.2 Å². The Morgan fingerprint density at radius 2 is 2.00 bits per heavy atom. The van der Waals surface area contributed by atoms with Crippen LogP contribution in [0.3, 0.4) is 0 Å². The molecule has 15 heavy (non-hydrogen) atoms. The molecule has 1 rings (SSSR count). The monoisotopic (exact) mass is 218 g/mol. The molecule has 0 aliphatic rings. The van der Waals surface area contributed by atoms with Crippen molar-refractivity contribution in [2.45, 2.75) is 12.7 Å². The number of rotatable bonds is 3. The quantitative estimate of drug-likeness (QED) is 0.764. The molecular weight excluding hydrogens is 207 g/mol. The minimum Gasteiger partial charge on any atom is -0.661 e. The van der Waals surface area contributed by atoms with Gasteiger partial charge in [0.15, 0.2) is 0 Å². The van der Waals surface area contributed by atoms with Crippen LogP contribution in [0.25, 0.3) is 5.32 Å². The van der Waals surface area contributed by atoms with Gasteiger partial charge in [-0.25, -0.2) is 0 Å². The Morgan fingerprint density at radius 3 is 2.47 bits per heavy atom. The predicted octanol–water partition coefficient (Wildman–Crippen LogP) is 3.22. The molecule has 1 aromatic rings. The first kappa shape index (κ1) is 11.8. The maximum Gasteiger partial charge on any atom is 0.419 e. The molecule has 0 atom stereocenters. The summed E-state index contributed by atoms with van der Waals surface area (Å²) in [6.45, 7) is 0.271. The molecule has 0 aromatic heterocycles. The van der Waals surface area contributed by atoms with Crippen LogP contribution in [0.15, 0.2) is 18.2 Å². The molecule has 0 bridgehead atoms. The molecular formula is C10H11F3NO-. The van der Waals surface area contributed by atoms with Gasteiger partial charge in [0, 0.05) is 0 Å². The van der Waals surface area contributed by atoms with Gasteiger partial charge in [-0.05, 0) is 12.1 Å². The molecule has 0 aliphatic carbocycles. The van der Waals surface area contributed by atoms with E-state index in [-0.39, 0.29) is 12.3 Å². The van der Waals surface area contributed by atoms with E-state index in [9.17, 15) is 13.2 Å². The first-order chi connectivity index (χ1) is 6.99. The third-order valence-corrected chi connectivity index (χ3v) is 1.91. The van der Waals surface area contributed by atoms with Gasteiger partial charge in [0.2, 0.25) is 0 Å². The van der Waals surface area contributed by atoms with E-state index in [1.807, 2.05) is 0 Å². The molecule has 0 N–H and O–H groups in total. The fraction of sp³-hybridized carbons (Fsp3) is 0.400. The molecule has 5 heteroatoms. The van der Waals surface area contributed by atoms with E-state index in [1.165, 1.54) is 13.2 Å². The average Bonchev–Trinajstić information content (AvgIpc) is 2.17. The summed E-state index contributed by atoms with van der Waals surface area (Å²) in [5.41, 5.74) is -0.239. The topological polar surface area (TPSA) is 23.3 Å². The zero-order valence-electron chi connectivity index (χ0n) is 8.43. The van der Waals surface area contributed by atoms with Crippen molar-refractivity contribution in [3.63, 3.8) is 0 Å². The lowest BCUT2D eigenvalue weighted by atomic mass is 10.1. The number of methoxy groups -OCH3 is 1. The first-order valence-corrected chi connectivity index (χ1v) is 4.28. The van der Waals surface area contributed by atoms with Crippen molar-refractivity contribution in [3.05, 3.63) is 34.6 Å². The maximum atomic E-state index is 12.5. The molecule has 0 radical (unpaired) electrons. The van der Waals surface area contributed by atoms with E-state index < -0.39 is 11.7 Å². The summed E-state index contributed by atoms with van der Waals surface area (Å²) in [6.07, 6.45) is -4.39. The lowest BCUT2D eigenvalue weighted by molar-refractivity contribution is -0.138. The predicted molar refractivity (Wildman–Crippen MR) is 51.0 cm³/mol. The number of hydrogen-bond donors (Lipinski definition) is 0. The molecule has 0 saturated carbocycles. The lowest BCUT2D eigenvalue weighted by Gasteiger charge is -2.16. The molecule has 0 fully saturated rings. The summed E-state index contributed by atoms with van der Waals surface area (Å²) in [5.74, 6) is -0.164. The number of nitrogens with zero attached hydrogens (tertiary/aromatic N) is 1. The fourth-order valence-electron chi connectivity index (χ4n) is 1.26. The third kappa shape index (κ3) is 2.86. The number of benzene rings is 1. The van der Waals surface area contributed by atoms with E-state index >= 15 is 0 Å². The highest BCUT2D eigenvalue weighted by molar-refractivity contribution is 5.39. The SMILES string of the molecule is C[N-]Cc1ccc(OC)c(C(F)(F)F)c1. The highest BCUT2D eigenvalue weighted by Crippen LogP contribution is 2.36. The highest BCUT2D eigenvalue weighted by atomic mass is 19.4. The van der Waals surface area contributed by atoms with Crippen molar-refractivity contribution in [2.75, 3.05) is 14.2 Å². The van der Waals surface area contributed by atoms with Crippen LogP contribution >= 0.6 is 0 Å². The van der Waals surface area contributed by atoms with Crippen LogP contribution in [0.4, 0.5) is 13.2 Å². The fourth-order valence-corrected chi connectivity index (χ4v) is 1.26. The first-order valence-electron chi connectivity index (χ1n) is 4.28. The number of ether oxygens (including phenoxy) is 1. The lowest BCUT2D eigenvalue weighted by Crippen LogP contribution is -2.08. The molecule has 0 saturated heterocycles. The minimum absolute atomic E-state index is 0.164. The minimum atomic E-state index is -4.39. The van der Waals surface area contributed by atoms with Crippen molar-refractivity contribution in [2.24, 2.45) is 0 Å². The van der Waals surface area contributed by atoms with Gasteiger partial charge in [0.25, 0.3) is 0 Å². The van der Waals surface area contributed by atoms with Crippen LogP contribution in [0.1, 0.15) is 11.1 Å². The summed E-state index contributed by atoms with van der Waals surface area (Å²) < 4.78 is 42.3. The Kier molecular flexibility index (Phi) is 3.57. The molecule has 0 unspecified atom stereocenters. The number of hydrogen-bond acceptors (Lipinski definition) is 1. The van der Waals surface area contributed by atoms with Gasteiger partial charge in [0.05, 0.1) is 12.7 Å². The highest BCUT2D eigenvalue weighted by Gasteiger charge is 2.34. The second-order valence-corrected chi connectivity index (χ2v) is 3.01. The molecule has 84 valence electrons. The molecule has 0 heterocycles. The zero-order valence-corrected chi connectivity index (χ0v) is 8.43. The van der Waals surface area contributed by atoms with Crippen molar-refractivity contribution in [3.8, 4) is 5.75 Å². The number of halogens is 3. The van der Waals surface area contributed by atoms with Gasteiger partial charge < -0.3 is 10.1 Å². The standard InChI is InChI=1S/C10H11F3NO/c1-14-6-7-3-4-9(15-2)8(5-7)10(11,12)13/h3-5H,6H2,1-2H3/q-1. The Hall–Kier alpha value is -1.23. The Labute approximate surface area is 86.1 Å². The van der Waals surface area contributed by atoms with Crippen LogP contribution in [-0.4, -0.2) is 14.2 Å².